The van der Waals surface area contributed by atoms with Gasteiger partial charge in [0, 0.05) is 6.92 Å². The summed E-state index contributed by atoms with van der Waals surface area (Å²) in [5, 5.41) is 16.1. The predicted octanol–water partition coefficient (Wildman–Crippen LogP) is 1.58. The second-order valence-corrected chi connectivity index (χ2v) is 2.60. The average molecular weight is 182 g/mol. The lowest BCUT2D eigenvalue weighted by Crippen LogP contribution is -1.85. The fourth-order valence-corrected chi connectivity index (χ4v) is 0.787. The van der Waals surface area contributed by atoms with Crippen LogP contribution in [-0.2, 0) is 11.4 Å². The van der Waals surface area contributed by atoms with E-state index >= 15 is 0 Å². The fraction of sp³-hybridized carbons (Fsp3) is 0.300. The van der Waals surface area contributed by atoms with Crippen molar-refractivity contribution in [1.29, 1.82) is 0 Å². The van der Waals surface area contributed by atoms with Crippen LogP contribution in [0.25, 0.3) is 0 Å². The second kappa shape index (κ2) is 6.20. The van der Waals surface area contributed by atoms with E-state index in [1.165, 1.54) is 0 Å². The molecule has 3 nitrogen and oxygen atoms in total. The first-order chi connectivity index (χ1) is 6.07. The Morgan fingerprint density at radius 2 is 1.85 bits per heavy atom. The van der Waals surface area contributed by atoms with Crippen molar-refractivity contribution in [2.45, 2.75) is 20.5 Å². The van der Waals surface area contributed by atoms with Crippen LogP contribution in [0.1, 0.15) is 18.1 Å². The maximum atomic E-state index is 9.00. The Bertz CT molecular complexity index is 265. The molecule has 0 aliphatic heterocycles. The van der Waals surface area contributed by atoms with Gasteiger partial charge in [-0.1, -0.05) is 24.3 Å². The first kappa shape index (κ1) is 11.6. The van der Waals surface area contributed by atoms with Gasteiger partial charge in [0.15, 0.2) is 0 Å². The molecule has 72 valence electrons. The van der Waals surface area contributed by atoms with Crippen LogP contribution in [0.2, 0.25) is 0 Å². The van der Waals surface area contributed by atoms with Crippen molar-refractivity contribution in [1.82, 2.24) is 0 Å². The lowest BCUT2D eigenvalue weighted by atomic mass is 10.1. The zero-order valence-electron chi connectivity index (χ0n) is 7.82. The topological polar surface area (TPSA) is 57.5 Å². The van der Waals surface area contributed by atoms with Crippen LogP contribution in [0.3, 0.4) is 0 Å². The van der Waals surface area contributed by atoms with Crippen LogP contribution in [0.5, 0.6) is 0 Å². The van der Waals surface area contributed by atoms with Crippen molar-refractivity contribution in [2.24, 2.45) is 0 Å². The Labute approximate surface area is 77.6 Å². The molecule has 0 aromatic heterocycles. The van der Waals surface area contributed by atoms with Crippen LogP contribution in [0, 0.1) is 6.92 Å². The summed E-state index contributed by atoms with van der Waals surface area (Å²) in [6.45, 7) is 3.22. The predicted molar refractivity (Wildman–Crippen MR) is 50.4 cm³/mol. The summed E-state index contributed by atoms with van der Waals surface area (Å²) in [4.78, 5) is 9.00. The summed E-state index contributed by atoms with van der Waals surface area (Å²) in [5.41, 5.74) is 2.16. The number of carbonyl (C=O) groups is 1. The highest BCUT2D eigenvalue weighted by Crippen LogP contribution is 2.05. The molecule has 1 rings (SSSR count). The number of benzene rings is 1. The molecule has 2 N–H and O–H groups in total. The zero-order chi connectivity index (χ0) is 10.3. The Balaban J connectivity index is 0.000000310. The van der Waals surface area contributed by atoms with Crippen molar-refractivity contribution in [3.05, 3.63) is 35.4 Å². The third-order valence-corrected chi connectivity index (χ3v) is 1.43. The molecule has 0 heterocycles. The van der Waals surface area contributed by atoms with Gasteiger partial charge in [0.05, 0.1) is 6.61 Å². The lowest BCUT2D eigenvalue weighted by molar-refractivity contribution is -0.134. The van der Waals surface area contributed by atoms with Crippen LogP contribution < -0.4 is 0 Å². The SMILES string of the molecule is CC(=O)O.Cc1ccccc1CO. The number of hydrogen-bond donors (Lipinski definition) is 2. The molecule has 0 saturated carbocycles. The molecular formula is C10H14O3. The molecule has 0 aliphatic carbocycles. The number of carboxylic acid groups (broad SMARTS) is 1. The number of rotatable bonds is 1. The van der Waals surface area contributed by atoms with Crippen LogP contribution >= 0.6 is 0 Å². The number of aliphatic carboxylic acids is 1. The molecule has 1 aromatic carbocycles. The standard InChI is InChI=1S/C8H10O.C2H4O2/c1-7-4-2-3-5-8(7)6-9;1-2(3)4/h2-5,9H,6H2,1H3;1H3,(H,3,4). The maximum absolute atomic E-state index is 9.00. The summed E-state index contributed by atoms with van der Waals surface area (Å²) in [6, 6.07) is 7.81. The molecule has 0 aliphatic rings. The van der Waals surface area contributed by atoms with Crippen molar-refractivity contribution < 1.29 is 15.0 Å². The van der Waals surface area contributed by atoms with Gasteiger partial charge in [0.25, 0.3) is 5.97 Å². The van der Waals surface area contributed by atoms with E-state index in [2.05, 4.69) is 0 Å². The van der Waals surface area contributed by atoms with Crippen molar-refractivity contribution in [2.75, 3.05) is 0 Å². The van der Waals surface area contributed by atoms with Gasteiger partial charge in [-0.15, -0.1) is 0 Å². The van der Waals surface area contributed by atoms with Gasteiger partial charge in [-0.2, -0.15) is 0 Å². The monoisotopic (exact) mass is 182 g/mol. The quantitative estimate of drug-likeness (QED) is 0.693. The van der Waals surface area contributed by atoms with Gasteiger partial charge in [0.2, 0.25) is 0 Å². The molecule has 0 radical (unpaired) electrons. The van der Waals surface area contributed by atoms with Crippen LogP contribution in [0.4, 0.5) is 0 Å². The van der Waals surface area contributed by atoms with E-state index in [-0.39, 0.29) is 6.61 Å². The summed E-state index contributed by atoms with van der Waals surface area (Å²) in [6.07, 6.45) is 0. The third kappa shape index (κ3) is 5.87. The van der Waals surface area contributed by atoms with E-state index < -0.39 is 5.97 Å². The normalized spacial score (nSPS) is 8.54. The Morgan fingerprint density at radius 3 is 2.15 bits per heavy atom. The van der Waals surface area contributed by atoms with Gasteiger partial charge >= 0.3 is 0 Å². The van der Waals surface area contributed by atoms with E-state index in [4.69, 9.17) is 15.0 Å². The van der Waals surface area contributed by atoms with Gasteiger partial charge < -0.3 is 10.2 Å². The minimum atomic E-state index is -0.833. The fourth-order valence-electron chi connectivity index (χ4n) is 0.787. The molecule has 0 unspecified atom stereocenters. The Morgan fingerprint density at radius 1 is 1.38 bits per heavy atom. The number of aliphatic hydroxyl groups is 1. The molecular weight excluding hydrogens is 168 g/mol. The molecule has 0 saturated heterocycles. The number of carboxylic acids is 1. The summed E-state index contributed by atoms with van der Waals surface area (Å²) >= 11 is 0. The van der Waals surface area contributed by atoms with E-state index in [9.17, 15) is 0 Å². The van der Waals surface area contributed by atoms with E-state index in [1.54, 1.807) is 0 Å². The van der Waals surface area contributed by atoms with Gasteiger partial charge in [-0.3, -0.25) is 4.79 Å². The molecule has 0 atom stereocenters. The molecule has 0 bridgehead atoms. The Kier molecular flexibility index (Phi) is 5.55. The third-order valence-electron chi connectivity index (χ3n) is 1.43. The van der Waals surface area contributed by atoms with Crippen LogP contribution in [-0.4, -0.2) is 16.2 Å². The smallest absolute Gasteiger partial charge is 0.300 e. The van der Waals surface area contributed by atoms with E-state index in [1.807, 2.05) is 31.2 Å². The highest BCUT2D eigenvalue weighted by atomic mass is 16.4. The van der Waals surface area contributed by atoms with Gasteiger partial charge in [-0.25, -0.2) is 0 Å². The summed E-state index contributed by atoms with van der Waals surface area (Å²) in [7, 11) is 0. The average Bonchev–Trinajstić information content (AvgIpc) is 2.04. The summed E-state index contributed by atoms with van der Waals surface area (Å²) < 4.78 is 0. The van der Waals surface area contributed by atoms with Gasteiger partial charge in [-0.05, 0) is 18.1 Å². The van der Waals surface area contributed by atoms with Crippen molar-refractivity contribution in [3.8, 4) is 0 Å². The lowest BCUT2D eigenvalue weighted by Gasteiger charge is -1.97. The van der Waals surface area contributed by atoms with Crippen LogP contribution in [0.15, 0.2) is 24.3 Å². The molecule has 0 amide bonds. The molecule has 1 aromatic rings. The molecule has 0 fully saturated rings. The highest BCUT2D eigenvalue weighted by Gasteiger charge is 1.90. The molecule has 3 heteroatoms. The largest absolute Gasteiger partial charge is 0.481 e. The highest BCUT2D eigenvalue weighted by molar-refractivity contribution is 5.62. The number of aryl methyl sites for hydroxylation is 1. The van der Waals surface area contributed by atoms with Crippen molar-refractivity contribution >= 4 is 5.97 Å². The number of hydrogen-bond acceptors (Lipinski definition) is 2. The zero-order valence-corrected chi connectivity index (χ0v) is 7.82. The first-order valence-electron chi connectivity index (χ1n) is 3.92. The molecule has 13 heavy (non-hydrogen) atoms. The van der Waals surface area contributed by atoms with Gasteiger partial charge in [0.1, 0.15) is 0 Å². The van der Waals surface area contributed by atoms with E-state index in [0.29, 0.717) is 0 Å². The number of aliphatic hydroxyl groups excluding tert-OH is 1. The Hall–Kier alpha value is -1.35. The van der Waals surface area contributed by atoms with E-state index in [0.717, 1.165) is 18.1 Å². The summed E-state index contributed by atoms with van der Waals surface area (Å²) in [5.74, 6) is -0.833. The molecule has 0 spiro atoms. The minimum Gasteiger partial charge on any atom is -0.481 e. The second-order valence-electron chi connectivity index (χ2n) is 2.60. The first-order valence-corrected chi connectivity index (χ1v) is 3.92. The minimum absolute atomic E-state index is 0.146. The maximum Gasteiger partial charge on any atom is 0.300 e. The van der Waals surface area contributed by atoms with Crippen molar-refractivity contribution in [3.63, 3.8) is 0 Å².